The predicted molar refractivity (Wildman–Crippen MR) is 81.1 cm³/mol. The number of amides is 1. The van der Waals surface area contributed by atoms with E-state index >= 15 is 0 Å². The van der Waals surface area contributed by atoms with Gasteiger partial charge in [-0.1, -0.05) is 0 Å². The fourth-order valence-electron chi connectivity index (χ4n) is 2.71. The number of carbonyl (C=O) groups excluding carboxylic acids is 1. The zero-order chi connectivity index (χ0) is 15.5. The van der Waals surface area contributed by atoms with E-state index in [1.54, 1.807) is 4.90 Å². The van der Waals surface area contributed by atoms with Crippen molar-refractivity contribution in [3.8, 4) is 0 Å². The molecule has 21 heavy (non-hydrogen) atoms. The normalized spacial score (nSPS) is 19.6. The Bertz CT molecular complexity index is 478. The molecule has 1 saturated heterocycles. The van der Waals surface area contributed by atoms with Crippen LogP contribution in [-0.2, 0) is 11.3 Å². The lowest BCUT2D eigenvalue weighted by Gasteiger charge is -2.34. The molecule has 2 heterocycles. The molecular formula is C15H26N4O2. The van der Waals surface area contributed by atoms with Gasteiger partial charge in [0, 0.05) is 44.0 Å². The van der Waals surface area contributed by atoms with Crippen molar-refractivity contribution in [2.24, 2.45) is 5.73 Å². The summed E-state index contributed by atoms with van der Waals surface area (Å²) < 4.78 is 7.55. The summed E-state index contributed by atoms with van der Waals surface area (Å²) in [4.78, 5) is 18.2. The van der Waals surface area contributed by atoms with Crippen LogP contribution < -0.4 is 5.73 Å². The zero-order valence-corrected chi connectivity index (χ0v) is 13.2. The molecule has 1 aromatic heterocycles. The number of imidazole rings is 1. The van der Waals surface area contributed by atoms with E-state index in [2.05, 4.69) is 9.55 Å². The molecule has 1 atom stereocenters. The minimum Gasteiger partial charge on any atom is -0.444 e. The van der Waals surface area contributed by atoms with Crippen LogP contribution in [0.2, 0.25) is 0 Å². The summed E-state index contributed by atoms with van der Waals surface area (Å²) in [6, 6.07) is 0. The molecule has 0 saturated carbocycles. The summed E-state index contributed by atoms with van der Waals surface area (Å²) >= 11 is 0. The van der Waals surface area contributed by atoms with Gasteiger partial charge in [0.15, 0.2) is 0 Å². The third-order valence-corrected chi connectivity index (χ3v) is 3.61. The van der Waals surface area contributed by atoms with Crippen LogP contribution in [-0.4, -0.2) is 45.8 Å². The van der Waals surface area contributed by atoms with Crippen LogP contribution in [0.4, 0.5) is 4.79 Å². The maximum absolute atomic E-state index is 12.2. The number of hydrogen-bond donors (Lipinski definition) is 1. The molecule has 2 rings (SSSR count). The van der Waals surface area contributed by atoms with Crippen molar-refractivity contribution in [1.29, 1.82) is 0 Å². The van der Waals surface area contributed by atoms with E-state index in [0.29, 0.717) is 19.0 Å². The molecule has 0 aromatic carbocycles. The molecule has 0 spiro atoms. The summed E-state index contributed by atoms with van der Waals surface area (Å²) in [5, 5.41) is 0. The van der Waals surface area contributed by atoms with Crippen LogP contribution in [0, 0.1) is 0 Å². The van der Waals surface area contributed by atoms with Gasteiger partial charge in [0.05, 0.1) is 6.33 Å². The van der Waals surface area contributed by atoms with E-state index < -0.39 is 5.60 Å². The minimum atomic E-state index is -0.453. The maximum Gasteiger partial charge on any atom is 0.410 e. The molecule has 1 aliphatic rings. The van der Waals surface area contributed by atoms with Crippen molar-refractivity contribution in [3.05, 3.63) is 18.2 Å². The van der Waals surface area contributed by atoms with Crippen LogP contribution in [0.15, 0.2) is 12.5 Å². The monoisotopic (exact) mass is 294 g/mol. The molecule has 6 heteroatoms. The summed E-state index contributed by atoms with van der Waals surface area (Å²) in [7, 11) is 0. The van der Waals surface area contributed by atoms with Crippen molar-refractivity contribution < 1.29 is 9.53 Å². The highest BCUT2D eigenvalue weighted by Crippen LogP contribution is 2.27. The zero-order valence-electron chi connectivity index (χ0n) is 13.2. The highest BCUT2D eigenvalue weighted by molar-refractivity contribution is 5.68. The highest BCUT2D eigenvalue weighted by atomic mass is 16.6. The van der Waals surface area contributed by atoms with E-state index in [1.165, 1.54) is 0 Å². The smallest absolute Gasteiger partial charge is 0.410 e. The average molecular weight is 294 g/mol. The topological polar surface area (TPSA) is 73.4 Å². The first-order valence-corrected chi connectivity index (χ1v) is 7.58. The van der Waals surface area contributed by atoms with Crippen molar-refractivity contribution in [2.75, 3.05) is 19.6 Å². The Morgan fingerprint density at radius 1 is 1.52 bits per heavy atom. The van der Waals surface area contributed by atoms with Crippen LogP contribution >= 0.6 is 0 Å². The van der Waals surface area contributed by atoms with Gasteiger partial charge in [-0.2, -0.15) is 0 Å². The number of carbonyl (C=O) groups is 1. The third-order valence-electron chi connectivity index (χ3n) is 3.61. The lowest BCUT2D eigenvalue weighted by atomic mass is 9.95. The number of likely N-dealkylation sites (tertiary alicyclic amines) is 1. The van der Waals surface area contributed by atoms with Crippen molar-refractivity contribution in [1.82, 2.24) is 14.5 Å². The molecule has 0 bridgehead atoms. The minimum absolute atomic E-state index is 0.225. The van der Waals surface area contributed by atoms with E-state index in [1.807, 2.05) is 33.3 Å². The molecule has 1 fully saturated rings. The fraction of sp³-hybridized carbons (Fsp3) is 0.733. The molecule has 1 unspecified atom stereocenters. The van der Waals surface area contributed by atoms with Crippen LogP contribution in [0.3, 0.4) is 0 Å². The maximum atomic E-state index is 12.2. The van der Waals surface area contributed by atoms with Gasteiger partial charge < -0.3 is 19.9 Å². The molecule has 0 radical (unpaired) electrons. The largest absolute Gasteiger partial charge is 0.444 e. The van der Waals surface area contributed by atoms with Crippen LogP contribution in [0.25, 0.3) is 0 Å². The number of hydrogen-bond acceptors (Lipinski definition) is 4. The first kappa shape index (κ1) is 15.8. The second-order valence-corrected chi connectivity index (χ2v) is 6.57. The average Bonchev–Trinajstić information content (AvgIpc) is 2.86. The van der Waals surface area contributed by atoms with Crippen molar-refractivity contribution >= 4 is 6.09 Å². The van der Waals surface area contributed by atoms with Crippen LogP contribution in [0.5, 0.6) is 0 Å². The Kier molecular flexibility index (Phi) is 4.88. The van der Waals surface area contributed by atoms with Crippen molar-refractivity contribution in [3.63, 3.8) is 0 Å². The van der Waals surface area contributed by atoms with E-state index in [0.717, 1.165) is 31.6 Å². The molecule has 1 aliphatic heterocycles. The Morgan fingerprint density at radius 2 is 2.29 bits per heavy atom. The summed E-state index contributed by atoms with van der Waals surface area (Å²) in [5.41, 5.74) is 6.34. The predicted octanol–water partition coefficient (Wildman–Crippen LogP) is 1.96. The lowest BCUT2D eigenvalue weighted by Crippen LogP contribution is -2.42. The Balaban J connectivity index is 2.03. The Labute approximate surface area is 126 Å². The first-order valence-electron chi connectivity index (χ1n) is 7.58. The number of nitrogens with two attached hydrogens (primary N) is 1. The van der Waals surface area contributed by atoms with Gasteiger partial charge in [-0.05, 0) is 33.6 Å². The second-order valence-electron chi connectivity index (χ2n) is 6.57. The van der Waals surface area contributed by atoms with E-state index in [4.69, 9.17) is 10.5 Å². The number of nitrogens with zero attached hydrogens (tertiary/aromatic N) is 3. The van der Waals surface area contributed by atoms with Gasteiger partial charge in [-0.3, -0.25) is 0 Å². The summed E-state index contributed by atoms with van der Waals surface area (Å²) in [5.74, 6) is 0.306. The summed E-state index contributed by atoms with van der Waals surface area (Å²) in [6.07, 6.45) is 5.53. The molecule has 0 aliphatic carbocycles. The number of aromatic nitrogens is 2. The van der Waals surface area contributed by atoms with Gasteiger partial charge in [0.25, 0.3) is 0 Å². The molecule has 1 aromatic rings. The van der Waals surface area contributed by atoms with Crippen molar-refractivity contribution in [2.45, 2.75) is 51.7 Å². The summed E-state index contributed by atoms with van der Waals surface area (Å²) in [6.45, 7) is 8.47. The highest BCUT2D eigenvalue weighted by Gasteiger charge is 2.29. The Hall–Kier alpha value is -1.56. The van der Waals surface area contributed by atoms with Gasteiger partial charge in [-0.25, -0.2) is 9.78 Å². The molecule has 1 amide bonds. The molecule has 6 nitrogen and oxygen atoms in total. The molecular weight excluding hydrogens is 268 g/mol. The third kappa shape index (κ3) is 4.20. The lowest BCUT2D eigenvalue weighted by molar-refractivity contribution is 0.0196. The fourth-order valence-corrected chi connectivity index (χ4v) is 2.71. The first-order chi connectivity index (χ1) is 9.90. The van der Waals surface area contributed by atoms with E-state index in [-0.39, 0.29) is 6.09 Å². The Morgan fingerprint density at radius 3 is 2.95 bits per heavy atom. The van der Waals surface area contributed by atoms with Gasteiger partial charge in [-0.15, -0.1) is 0 Å². The van der Waals surface area contributed by atoms with Crippen LogP contribution in [0.1, 0.15) is 45.2 Å². The number of rotatable bonds is 3. The quantitative estimate of drug-likeness (QED) is 0.925. The van der Waals surface area contributed by atoms with Gasteiger partial charge in [0.1, 0.15) is 5.60 Å². The molecule has 118 valence electrons. The van der Waals surface area contributed by atoms with Gasteiger partial charge >= 0.3 is 6.09 Å². The number of ether oxygens (including phenoxy) is 1. The molecule has 2 N–H and O–H groups in total. The standard InChI is InChI=1S/C15H26N4O2/c1-15(2,3)21-14(20)18-7-4-5-12(10-18)13-9-17-11-19(13)8-6-16/h9,11-12H,4-8,10,16H2,1-3H3. The number of piperidine rings is 1. The second kappa shape index (κ2) is 6.47. The van der Waals surface area contributed by atoms with E-state index in [9.17, 15) is 4.79 Å². The van der Waals surface area contributed by atoms with Gasteiger partial charge in [0.2, 0.25) is 0 Å². The SMILES string of the molecule is CC(C)(C)OC(=O)N1CCCC(c2cncn2CCN)C1.